The number of alkyl carbamates (subject to hydrolysis) is 1. The summed E-state index contributed by atoms with van der Waals surface area (Å²) < 4.78 is 33.4. The molecule has 0 spiro atoms. The van der Waals surface area contributed by atoms with E-state index < -0.39 is 21.7 Å². The van der Waals surface area contributed by atoms with Gasteiger partial charge in [0.15, 0.2) is 0 Å². The van der Waals surface area contributed by atoms with E-state index in [-0.39, 0.29) is 10.8 Å². The number of fused-ring (bicyclic) bond motifs is 1. The second-order valence-corrected chi connectivity index (χ2v) is 11.3. The molecule has 4 N–H and O–H groups in total. The minimum atomic E-state index is -3.87. The van der Waals surface area contributed by atoms with Crippen molar-refractivity contribution in [3.8, 4) is 0 Å². The summed E-state index contributed by atoms with van der Waals surface area (Å²) in [5.74, 6) is -0.287. The molecule has 0 atom stereocenters. The third-order valence-electron chi connectivity index (χ3n) is 5.14. The number of carbonyl (C=O) groups excluding carboxylic acids is 2. The highest BCUT2D eigenvalue weighted by Gasteiger charge is 2.18. The van der Waals surface area contributed by atoms with Crippen molar-refractivity contribution >= 4 is 50.2 Å². The molecule has 1 heterocycles. The van der Waals surface area contributed by atoms with Gasteiger partial charge in [-0.05, 0) is 70.4 Å². The van der Waals surface area contributed by atoms with Crippen molar-refractivity contribution < 1.29 is 22.7 Å². The number of para-hydroxylation sites is 1. The summed E-state index contributed by atoms with van der Waals surface area (Å²) in [6.45, 7) is 6.38. The maximum absolute atomic E-state index is 12.8. The first kappa shape index (κ1) is 27.3. The molecule has 194 valence electrons. The van der Waals surface area contributed by atoms with Crippen molar-refractivity contribution in [1.82, 2.24) is 15.6 Å². The quantitative estimate of drug-likeness (QED) is 0.270. The van der Waals surface area contributed by atoms with Crippen LogP contribution in [0.25, 0.3) is 10.9 Å². The van der Waals surface area contributed by atoms with E-state index in [0.717, 1.165) is 19.3 Å². The number of rotatable bonds is 10. The number of hydrogen-bond acceptors (Lipinski definition) is 5. The number of unbranched alkanes of at least 4 members (excludes halogenated alkanes) is 2. The van der Waals surface area contributed by atoms with E-state index in [1.165, 1.54) is 24.3 Å². The van der Waals surface area contributed by atoms with E-state index in [1.54, 1.807) is 45.2 Å². The van der Waals surface area contributed by atoms with Gasteiger partial charge < -0.3 is 20.4 Å². The lowest BCUT2D eigenvalue weighted by molar-refractivity contribution is 0.0527. The zero-order chi connectivity index (χ0) is 26.3. The molecule has 0 aliphatic carbocycles. The molecule has 3 rings (SSSR count). The highest BCUT2D eigenvalue weighted by Crippen LogP contribution is 2.29. The monoisotopic (exact) mass is 534 g/mol. The number of ether oxygens (including phenoxy) is 1. The van der Waals surface area contributed by atoms with Gasteiger partial charge in [0.05, 0.1) is 21.1 Å². The van der Waals surface area contributed by atoms with Crippen LogP contribution in [0.15, 0.2) is 53.6 Å². The molecule has 0 unspecified atom stereocenters. The number of aromatic amines is 1. The van der Waals surface area contributed by atoms with E-state index in [9.17, 15) is 18.0 Å². The zero-order valence-corrected chi connectivity index (χ0v) is 22.1. The van der Waals surface area contributed by atoms with Crippen molar-refractivity contribution in [3.63, 3.8) is 0 Å². The van der Waals surface area contributed by atoms with Crippen LogP contribution < -0.4 is 15.4 Å². The summed E-state index contributed by atoms with van der Waals surface area (Å²) in [5.41, 5.74) is 0.795. The Kier molecular flexibility index (Phi) is 8.86. The molecule has 0 saturated carbocycles. The van der Waals surface area contributed by atoms with Gasteiger partial charge in [0, 0.05) is 30.2 Å². The van der Waals surface area contributed by atoms with Gasteiger partial charge in [-0.1, -0.05) is 23.7 Å². The number of carbonyl (C=O) groups is 2. The number of anilines is 1. The SMILES string of the molecule is CC(C)(C)OC(=O)NCCCCCNC(=O)c1ccc(S(=O)(=O)Nc2cccc3c(Cl)c[nH]c23)cc1. The van der Waals surface area contributed by atoms with E-state index in [0.29, 0.717) is 40.3 Å². The van der Waals surface area contributed by atoms with Crippen molar-refractivity contribution in [1.29, 1.82) is 0 Å². The molecular weight excluding hydrogens is 504 g/mol. The van der Waals surface area contributed by atoms with E-state index in [1.807, 2.05) is 0 Å². The normalized spacial score (nSPS) is 11.8. The predicted molar refractivity (Wildman–Crippen MR) is 141 cm³/mol. The Hall–Kier alpha value is -3.24. The van der Waals surface area contributed by atoms with Crippen LogP contribution in [0.1, 0.15) is 50.4 Å². The standard InChI is InChI=1S/C25H31ClN4O5S/c1-25(2,3)35-24(32)28-15-6-4-5-14-27-23(31)17-10-12-18(13-11-17)36(33,34)30-21-9-7-8-19-20(26)16-29-22(19)21/h7-13,16,29-30H,4-6,14-15H2,1-3H3,(H,27,31)(H,28,32). The molecule has 0 saturated heterocycles. The Labute approximate surface area is 216 Å². The Bertz CT molecular complexity index is 1310. The van der Waals surface area contributed by atoms with Crippen molar-refractivity contribution in [3.05, 3.63) is 59.2 Å². The van der Waals surface area contributed by atoms with E-state index in [2.05, 4.69) is 20.3 Å². The molecule has 0 aliphatic heterocycles. The van der Waals surface area contributed by atoms with Crippen molar-refractivity contribution in [2.45, 2.75) is 50.5 Å². The molecule has 2 amide bonds. The average molecular weight is 535 g/mol. The summed E-state index contributed by atoms with van der Waals surface area (Å²) in [6.07, 6.45) is 3.47. The molecule has 0 aliphatic rings. The third-order valence-corrected chi connectivity index (χ3v) is 6.84. The molecule has 0 bridgehead atoms. The predicted octanol–water partition coefficient (Wildman–Crippen LogP) is 5.05. The lowest BCUT2D eigenvalue weighted by atomic mass is 10.2. The van der Waals surface area contributed by atoms with Crippen LogP contribution in [0.5, 0.6) is 0 Å². The molecular formula is C25H31ClN4O5S. The number of aromatic nitrogens is 1. The summed E-state index contributed by atoms with van der Waals surface area (Å²) in [6, 6.07) is 10.9. The first-order valence-electron chi connectivity index (χ1n) is 11.6. The lowest BCUT2D eigenvalue weighted by Gasteiger charge is -2.19. The molecule has 0 radical (unpaired) electrons. The summed E-state index contributed by atoms with van der Waals surface area (Å²) in [5, 5.41) is 6.72. The van der Waals surface area contributed by atoms with Crippen LogP contribution in [-0.4, -0.2) is 44.1 Å². The van der Waals surface area contributed by atoms with Gasteiger partial charge in [0.2, 0.25) is 0 Å². The Morgan fingerprint density at radius 2 is 1.64 bits per heavy atom. The van der Waals surface area contributed by atoms with Gasteiger partial charge in [0.25, 0.3) is 15.9 Å². The van der Waals surface area contributed by atoms with Gasteiger partial charge in [-0.25, -0.2) is 13.2 Å². The number of nitrogens with one attached hydrogen (secondary N) is 4. The largest absolute Gasteiger partial charge is 0.444 e. The maximum Gasteiger partial charge on any atom is 0.407 e. The summed E-state index contributed by atoms with van der Waals surface area (Å²) in [7, 11) is -3.87. The van der Waals surface area contributed by atoms with Crippen LogP contribution in [0, 0.1) is 0 Å². The van der Waals surface area contributed by atoms with Crippen LogP contribution >= 0.6 is 11.6 Å². The summed E-state index contributed by atoms with van der Waals surface area (Å²) >= 11 is 6.11. The van der Waals surface area contributed by atoms with E-state index in [4.69, 9.17) is 16.3 Å². The second-order valence-electron chi connectivity index (χ2n) is 9.24. The number of H-pyrrole nitrogens is 1. The maximum atomic E-state index is 12.8. The van der Waals surface area contributed by atoms with Gasteiger partial charge in [0.1, 0.15) is 5.60 Å². The molecule has 2 aromatic carbocycles. The fraction of sp³-hybridized carbons (Fsp3) is 0.360. The smallest absolute Gasteiger partial charge is 0.407 e. The fourth-order valence-electron chi connectivity index (χ4n) is 3.43. The Morgan fingerprint density at radius 3 is 2.31 bits per heavy atom. The van der Waals surface area contributed by atoms with E-state index >= 15 is 0 Å². The number of benzene rings is 2. The molecule has 1 aromatic heterocycles. The average Bonchev–Trinajstić information content (AvgIpc) is 3.19. The van der Waals surface area contributed by atoms with Crippen LogP contribution in [0.3, 0.4) is 0 Å². The first-order valence-corrected chi connectivity index (χ1v) is 13.5. The van der Waals surface area contributed by atoms with Gasteiger partial charge in [-0.3, -0.25) is 9.52 Å². The third kappa shape index (κ3) is 7.63. The van der Waals surface area contributed by atoms with Gasteiger partial charge >= 0.3 is 6.09 Å². The number of hydrogen-bond donors (Lipinski definition) is 4. The van der Waals surface area contributed by atoms with Gasteiger partial charge in [-0.2, -0.15) is 0 Å². The molecule has 3 aromatic rings. The van der Waals surface area contributed by atoms with Crippen LogP contribution in [0.2, 0.25) is 5.02 Å². The Balaban J connectivity index is 1.45. The highest BCUT2D eigenvalue weighted by atomic mass is 35.5. The zero-order valence-electron chi connectivity index (χ0n) is 20.5. The molecule has 9 nitrogen and oxygen atoms in total. The highest BCUT2D eigenvalue weighted by molar-refractivity contribution is 7.92. The number of amides is 2. The minimum absolute atomic E-state index is 0.0335. The fourth-order valence-corrected chi connectivity index (χ4v) is 4.71. The second kappa shape index (κ2) is 11.7. The first-order chi connectivity index (χ1) is 17.0. The Morgan fingerprint density at radius 1 is 0.972 bits per heavy atom. The number of sulfonamides is 1. The topological polar surface area (TPSA) is 129 Å². The number of halogens is 1. The lowest BCUT2D eigenvalue weighted by Crippen LogP contribution is -2.33. The molecule has 0 fully saturated rings. The van der Waals surface area contributed by atoms with Gasteiger partial charge in [-0.15, -0.1) is 0 Å². The molecule has 11 heteroatoms. The minimum Gasteiger partial charge on any atom is -0.444 e. The van der Waals surface area contributed by atoms with Crippen LogP contribution in [0.4, 0.5) is 10.5 Å². The van der Waals surface area contributed by atoms with Crippen molar-refractivity contribution in [2.24, 2.45) is 0 Å². The van der Waals surface area contributed by atoms with Crippen molar-refractivity contribution in [2.75, 3.05) is 17.8 Å². The summed E-state index contributed by atoms with van der Waals surface area (Å²) in [4.78, 5) is 27.0. The van der Waals surface area contributed by atoms with Crippen LogP contribution in [-0.2, 0) is 14.8 Å². The molecule has 36 heavy (non-hydrogen) atoms.